The van der Waals surface area contributed by atoms with Crippen molar-refractivity contribution in [2.45, 2.75) is 19.6 Å². The third-order valence-corrected chi connectivity index (χ3v) is 6.47. The van der Waals surface area contributed by atoms with E-state index < -0.39 is 17.9 Å². The van der Waals surface area contributed by atoms with Gasteiger partial charge in [-0.05, 0) is 42.3 Å². The summed E-state index contributed by atoms with van der Waals surface area (Å²) in [5, 5.41) is 0. The number of aromatic nitrogens is 2. The van der Waals surface area contributed by atoms with Crippen molar-refractivity contribution in [3.05, 3.63) is 90.0 Å². The molecular weight excluding hydrogens is 470 g/mol. The summed E-state index contributed by atoms with van der Waals surface area (Å²) < 4.78 is 18.6. The van der Waals surface area contributed by atoms with Crippen molar-refractivity contribution < 1.29 is 23.8 Å². The number of esters is 1. The lowest BCUT2D eigenvalue weighted by Gasteiger charge is -2.37. The van der Waals surface area contributed by atoms with Gasteiger partial charge in [0.15, 0.2) is 5.92 Å². The van der Waals surface area contributed by atoms with Gasteiger partial charge in [-0.1, -0.05) is 54.6 Å². The predicted molar refractivity (Wildman–Crippen MR) is 139 cm³/mol. The highest BCUT2D eigenvalue weighted by Gasteiger charge is 2.47. The Labute approximate surface area is 215 Å². The second-order valence-electron chi connectivity index (χ2n) is 8.77. The molecule has 3 aromatic carbocycles. The molecule has 1 aromatic heterocycles. The number of fused-ring (bicyclic) bond motifs is 3. The summed E-state index contributed by atoms with van der Waals surface area (Å²) in [6, 6.07) is 24.5. The molecule has 0 unspecified atom stereocenters. The molecule has 1 amide bonds. The molecule has 0 saturated heterocycles. The number of ether oxygens (including phenoxy) is 3. The fraction of sp³-hybridized carbons (Fsp3) is 0.276. The summed E-state index contributed by atoms with van der Waals surface area (Å²) in [5.74, 6) is -0.809. The summed E-state index contributed by atoms with van der Waals surface area (Å²) in [7, 11) is 1.57. The number of para-hydroxylation sites is 2. The van der Waals surface area contributed by atoms with Crippen molar-refractivity contribution >= 4 is 28.9 Å². The average molecular weight is 500 g/mol. The van der Waals surface area contributed by atoms with E-state index in [0.29, 0.717) is 24.9 Å². The number of anilines is 1. The van der Waals surface area contributed by atoms with Crippen LogP contribution in [0.5, 0.6) is 5.75 Å². The molecule has 2 atom stereocenters. The van der Waals surface area contributed by atoms with Gasteiger partial charge < -0.3 is 18.8 Å². The number of hydrogen-bond donors (Lipinski definition) is 0. The number of carbonyl (C=O) groups is 2. The van der Waals surface area contributed by atoms with Gasteiger partial charge in [-0.25, -0.2) is 4.98 Å². The molecule has 1 aliphatic rings. The second kappa shape index (κ2) is 10.8. The van der Waals surface area contributed by atoms with Crippen LogP contribution in [0.15, 0.2) is 78.9 Å². The van der Waals surface area contributed by atoms with E-state index in [1.807, 2.05) is 83.4 Å². The van der Waals surface area contributed by atoms with Crippen molar-refractivity contribution in [2.24, 2.45) is 5.92 Å². The molecule has 0 spiro atoms. The number of nitrogens with zero attached hydrogens (tertiary/aromatic N) is 3. The second-order valence-corrected chi connectivity index (χ2v) is 8.77. The Hall–Kier alpha value is -4.17. The van der Waals surface area contributed by atoms with Crippen LogP contribution in [0.1, 0.15) is 24.1 Å². The summed E-state index contributed by atoms with van der Waals surface area (Å²) in [6.07, 6.45) is 0. The number of rotatable bonds is 9. The first-order valence-electron chi connectivity index (χ1n) is 12.3. The lowest BCUT2D eigenvalue weighted by atomic mass is 9.89. The zero-order valence-electron chi connectivity index (χ0n) is 20.9. The first-order chi connectivity index (χ1) is 18.1. The number of benzene rings is 3. The lowest BCUT2D eigenvalue weighted by molar-refractivity contribution is -0.153. The Morgan fingerprint density at radius 1 is 0.973 bits per heavy atom. The average Bonchev–Trinajstić information content (AvgIpc) is 3.31. The maximum Gasteiger partial charge on any atom is 0.321 e. The molecule has 8 nitrogen and oxygen atoms in total. The smallest absolute Gasteiger partial charge is 0.321 e. The molecule has 37 heavy (non-hydrogen) atoms. The maximum atomic E-state index is 13.8. The van der Waals surface area contributed by atoms with E-state index >= 15 is 0 Å². The van der Waals surface area contributed by atoms with Gasteiger partial charge in [-0.2, -0.15) is 0 Å². The van der Waals surface area contributed by atoms with Gasteiger partial charge in [0, 0.05) is 7.11 Å². The van der Waals surface area contributed by atoms with E-state index in [0.717, 1.165) is 22.2 Å². The van der Waals surface area contributed by atoms with Crippen LogP contribution in [0, 0.1) is 5.92 Å². The number of carbonyl (C=O) groups excluding carboxylic acids is 2. The number of hydrogen-bond acceptors (Lipinski definition) is 6. The Morgan fingerprint density at radius 3 is 2.43 bits per heavy atom. The van der Waals surface area contributed by atoms with Gasteiger partial charge in [-0.3, -0.25) is 14.5 Å². The molecular formula is C29H29N3O5. The Bertz CT molecular complexity index is 1380. The van der Waals surface area contributed by atoms with E-state index in [2.05, 4.69) is 0 Å². The highest BCUT2D eigenvalue weighted by Crippen LogP contribution is 2.41. The largest absolute Gasteiger partial charge is 0.489 e. The minimum Gasteiger partial charge on any atom is -0.489 e. The summed E-state index contributed by atoms with van der Waals surface area (Å²) in [5.41, 5.74) is 3.42. The molecule has 0 aliphatic carbocycles. The summed E-state index contributed by atoms with van der Waals surface area (Å²) in [4.78, 5) is 33.3. The van der Waals surface area contributed by atoms with Crippen molar-refractivity contribution in [3.63, 3.8) is 0 Å². The van der Waals surface area contributed by atoms with Gasteiger partial charge >= 0.3 is 5.97 Å². The van der Waals surface area contributed by atoms with Gasteiger partial charge in [-0.15, -0.1) is 0 Å². The third kappa shape index (κ3) is 4.80. The summed E-state index contributed by atoms with van der Waals surface area (Å²) in [6.45, 7) is 2.94. The van der Waals surface area contributed by atoms with E-state index in [4.69, 9.17) is 19.2 Å². The Morgan fingerprint density at radius 2 is 1.70 bits per heavy atom. The van der Waals surface area contributed by atoms with E-state index in [9.17, 15) is 9.59 Å². The van der Waals surface area contributed by atoms with Crippen LogP contribution in [0.4, 0.5) is 5.95 Å². The van der Waals surface area contributed by atoms with Crippen LogP contribution in [0.25, 0.3) is 11.0 Å². The SMILES string of the molecule is CCOC(=O)[C@@H]1C(=O)N(CCOC)c2nc3ccccc3n2[C@@H]1c1ccc(OCc2ccccc2)cc1. The summed E-state index contributed by atoms with van der Waals surface area (Å²) >= 11 is 0. The van der Waals surface area contributed by atoms with Crippen LogP contribution < -0.4 is 9.64 Å². The van der Waals surface area contributed by atoms with Crippen LogP contribution in [-0.4, -0.2) is 48.3 Å². The topological polar surface area (TPSA) is 82.9 Å². The lowest BCUT2D eigenvalue weighted by Crippen LogP contribution is -2.51. The molecule has 0 fully saturated rings. The molecule has 0 bridgehead atoms. The van der Waals surface area contributed by atoms with Crippen molar-refractivity contribution in [1.82, 2.24) is 9.55 Å². The van der Waals surface area contributed by atoms with Gasteiger partial charge in [0.25, 0.3) is 0 Å². The van der Waals surface area contributed by atoms with E-state index in [1.165, 1.54) is 4.90 Å². The monoisotopic (exact) mass is 499 g/mol. The zero-order valence-corrected chi connectivity index (χ0v) is 20.9. The number of amides is 1. The molecule has 8 heteroatoms. The fourth-order valence-corrected chi connectivity index (χ4v) is 4.75. The minimum absolute atomic E-state index is 0.178. The van der Waals surface area contributed by atoms with Crippen molar-refractivity contribution in [2.75, 3.05) is 31.8 Å². The minimum atomic E-state index is -1.07. The molecule has 1 aliphatic heterocycles. The molecule has 4 aromatic rings. The molecule has 190 valence electrons. The van der Waals surface area contributed by atoms with Crippen molar-refractivity contribution in [1.29, 1.82) is 0 Å². The Kier molecular flexibility index (Phi) is 7.18. The van der Waals surface area contributed by atoms with Crippen LogP contribution in [0.2, 0.25) is 0 Å². The van der Waals surface area contributed by atoms with E-state index in [1.54, 1.807) is 14.0 Å². The van der Waals surface area contributed by atoms with Gasteiger partial charge in [0.1, 0.15) is 12.4 Å². The third-order valence-electron chi connectivity index (χ3n) is 6.47. The molecule has 0 N–H and O–H groups in total. The molecule has 2 heterocycles. The van der Waals surface area contributed by atoms with E-state index in [-0.39, 0.29) is 19.1 Å². The molecule has 5 rings (SSSR count). The maximum absolute atomic E-state index is 13.8. The Balaban J connectivity index is 1.56. The normalized spacial score (nSPS) is 17.0. The molecule has 0 radical (unpaired) electrons. The highest BCUT2D eigenvalue weighted by atomic mass is 16.5. The quantitative estimate of drug-likeness (QED) is 0.251. The fourth-order valence-electron chi connectivity index (χ4n) is 4.75. The predicted octanol–water partition coefficient (Wildman–Crippen LogP) is 4.38. The van der Waals surface area contributed by atoms with Gasteiger partial charge in [0.05, 0.1) is 36.8 Å². The first-order valence-corrected chi connectivity index (χ1v) is 12.3. The highest BCUT2D eigenvalue weighted by molar-refractivity contribution is 6.08. The first kappa shape index (κ1) is 24.5. The van der Waals surface area contributed by atoms with Crippen LogP contribution >= 0.6 is 0 Å². The standard InChI is InChI=1S/C29H29N3O5/c1-3-36-28(34)25-26(21-13-15-22(16-14-21)37-19-20-9-5-4-6-10-20)32-24-12-8-7-11-23(24)30-29(32)31(27(25)33)17-18-35-2/h4-16,25-26H,3,17-19H2,1-2H3/t25-,26+/m0/s1. The number of methoxy groups -OCH3 is 1. The van der Waals surface area contributed by atoms with Crippen LogP contribution in [0.3, 0.4) is 0 Å². The zero-order chi connectivity index (χ0) is 25.8. The van der Waals surface area contributed by atoms with Gasteiger partial charge in [0.2, 0.25) is 11.9 Å². The van der Waals surface area contributed by atoms with Crippen LogP contribution in [-0.2, 0) is 25.7 Å². The van der Waals surface area contributed by atoms with Crippen molar-refractivity contribution in [3.8, 4) is 5.75 Å². The number of imidazole rings is 1. The molecule has 0 saturated carbocycles.